The topological polar surface area (TPSA) is 92.8 Å². The quantitative estimate of drug-likeness (QED) is 0.339. The van der Waals surface area contributed by atoms with Crippen molar-refractivity contribution in [2.45, 2.75) is 57.4 Å². The molecule has 0 bridgehead atoms. The second-order valence-electron chi connectivity index (χ2n) is 7.47. The molecule has 1 heterocycles. The maximum Gasteiger partial charge on any atom is 0.469 e. The molecule has 2 aromatic rings. The monoisotopic (exact) mass is 429 g/mol. The summed E-state index contributed by atoms with van der Waals surface area (Å²) in [5.74, 6) is -0.193. The normalized spacial score (nSPS) is 14.2. The van der Waals surface area contributed by atoms with E-state index in [0.717, 1.165) is 38.5 Å². The first-order chi connectivity index (χ1) is 13.1. The van der Waals surface area contributed by atoms with Gasteiger partial charge in [-0.2, -0.15) is 0 Å². The molecule has 0 radical (unpaired) electrons. The van der Waals surface area contributed by atoms with Gasteiger partial charge in [0.25, 0.3) is 0 Å². The molecule has 1 atom stereocenters. The van der Waals surface area contributed by atoms with E-state index in [1.54, 1.807) is 18.3 Å². The Labute approximate surface area is 170 Å². The first-order valence-corrected chi connectivity index (χ1v) is 11.8. The van der Waals surface area contributed by atoms with Crippen LogP contribution in [0.15, 0.2) is 36.4 Å². The highest BCUT2D eigenvalue weighted by atomic mass is 32.1. The van der Waals surface area contributed by atoms with E-state index >= 15 is 0 Å². The van der Waals surface area contributed by atoms with Gasteiger partial charge in [0.2, 0.25) is 0 Å². The number of phosphoric ester groups is 1. The minimum absolute atomic E-state index is 0.177. The Morgan fingerprint density at radius 2 is 1.64 bits per heavy atom. The smallest absolute Gasteiger partial charge is 0.323 e. The van der Waals surface area contributed by atoms with E-state index in [1.165, 1.54) is 27.5 Å². The zero-order valence-electron chi connectivity index (χ0n) is 16.1. The molecule has 0 saturated heterocycles. The van der Waals surface area contributed by atoms with Crippen molar-refractivity contribution in [3.63, 3.8) is 0 Å². The summed E-state index contributed by atoms with van der Waals surface area (Å²) < 4.78 is 28.2. The van der Waals surface area contributed by atoms with Crippen LogP contribution in [0.25, 0.3) is 0 Å². The van der Waals surface area contributed by atoms with E-state index in [0.29, 0.717) is 6.42 Å². The summed E-state index contributed by atoms with van der Waals surface area (Å²) in [7, 11) is -4.49. The van der Waals surface area contributed by atoms with Crippen molar-refractivity contribution in [3.8, 4) is 0 Å². The summed E-state index contributed by atoms with van der Waals surface area (Å²) in [6, 6.07) is 10.9. The van der Waals surface area contributed by atoms with Gasteiger partial charge in [0, 0.05) is 15.3 Å². The zero-order valence-corrected chi connectivity index (χ0v) is 17.9. The number of nitrogens with two attached hydrogens (primary N) is 1. The van der Waals surface area contributed by atoms with Gasteiger partial charge >= 0.3 is 7.82 Å². The van der Waals surface area contributed by atoms with Gasteiger partial charge in [-0.3, -0.25) is 4.52 Å². The summed E-state index contributed by atoms with van der Waals surface area (Å²) >= 11 is 1.76. The van der Waals surface area contributed by atoms with Gasteiger partial charge in [-0.1, -0.05) is 18.6 Å². The molecule has 4 N–H and O–H groups in total. The van der Waals surface area contributed by atoms with Crippen molar-refractivity contribution in [1.82, 2.24) is 0 Å². The molecule has 0 saturated carbocycles. The average Bonchev–Trinajstić information content (AvgIpc) is 3.07. The third kappa shape index (κ3) is 9.41. The van der Waals surface area contributed by atoms with Gasteiger partial charge in [-0.25, -0.2) is 8.96 Å². The lowest BCUT2D eigenvalue weighted by atomic mass is 9.98. The predicted molar refractivity (Wildman–Crippen MR) is 111 cm³/mol. The molecule has 5 nitrogen and oxygen atoms in total. The van der Waals surface area contributed by atoms with Gasteiger partial charge < -0.3 is 15.5 Å². The molecule has 28 heavy (non-hydrogen) atoms. The van der Waals surface area contributed by atoms with Gasteiger partial charge in [0.05, 0.1) is 6.61 Å². The average molecular weight is 429 g/mol. The maximum absolute atomic E-state index is 12.9. The van der Waals surface area contributed by atoms with Crippen LogP contribution < -0.4 is 5.73 Å². The largest absolute Gasteiger partial charge is 0.469 e. The molecule has 1 aromatic heterocycles. The van der Waals surface area contributed by atoms with Crippen LogP contribution in [0.2, 0.25) is 0 Å². The molecule has 0 aliphatic heterocycles. The van der Waals surface area contributed by atoms with E-state index in [4.69, 9.17) is 15.5 Å². The van der Waals surface area contributed by atoms with E-state index in [-0.39, 0.29) is 12.4 Å². The van der Waals surface area contributed by atoms with Gasteiger partial charge in [0.15, 0.2) is 0 Å². The van der Waals surface area contributed by atoms with E-state index in [2.05, 4.69) is 16.7 Å². The Balaban J connectivity index is 1.65. The fraction of sp³-hybridized carbons (Fsp3) is 0.500. The van der Waals surface area contributed by atoms with Crippen molar-refractivity contribution in [2.75, 3.05) is 6.61 Å². The predicted octanol–water partition coefficient (Wildman–Crippen LogP) is 4.60. The second-order valence-corrected chi connectivity index (χ2v) is 9.97. The number of aryl methyl sites for hydroxylation is 3. The highest BCUT2D eigenvalue weighted by Crippen LogP contribution is 2.37. The van der Waals surface area contributed by atoms with Gasteiger partial charge in [-0.05, 0) is 75.3 Å². The summed E-state index contributed by atoms with van der Waals surface area (Å²) in [5.41, 5.74) is 6.45. The number of halogens is 1. The second kappa shape index (κ2) is 10.6. The summed E-state index contributed by atoms with van der Waals surface area (Å²) in [5, 5.41) is 0. The maximum atomic E-state index is 12.9. The van der Waals surface area contributed by atoms with Crippen molar-refractivity contribution in [3.05, 3.63) is 57.5 Å². The Kier molecular flexibility index (Phi) is 8.81. The Hall–Kier alpha value is -1.08. The van der Waals surface area contributed by atoms with E-state index in [1.807, 2.05) is 12.1 Å². The van der Waals surface area contributed by atoms with Gasteiger partial charge in [-0.15, -0.1) is 11.3 Å². The summed E-state index contributed by atoms with van der Waals surface area (Å²) in [6.45, 7) is 1.56. The highest BCUT2D eigenvalue weighted by molar-refractivity contribution is 7.46. The number of benzene rings is 1. The molecule has 8 heteroatoms. The molecule has 2 rings (SSSR count). The molecule has 1 aromatic carbocycles. The third-order valence-corrected chi connectivity index (χ3v) is 6.19. The Morgan fingerprint density at radius 3 is 2.29 bits per heavy atom. The van der Waals surface area contributed by atoms with Crippen molar-refractivity contribution in [2.24, 2.45) is 5.73 Å². The van der Waals surface area contributed by atoms with Crippen LogP contribution in [0.4, 0.5) is 4.39 Å². The van der Waals surface area contributed by atoms with Crippen molar-refractivity contribution in [1.29, 1.82) is 0 Å². The van der Waals surface area contributed by atoms with Crippen LogP contribution in [0.3, 0.4) is 0 Å². The zero-order chi connectivity index (χ0) is 20.6. The molecular weight excluding hydrogens is 400 g/mol. The first-order valence-electron chi connectivity index (χ1n) is 9.44. The fourth-order valence-electron chi connectivity index (χ4n) is 2.86. The van der Waals surface area contributed by atoms with Crippen LogP contribution in [0.5, 0.6) is 0 Å². The lowest BCUT2D eigenvalue weighted by Gasteiger charge is -2.24. The number of unbranched alkanes of at least 4 members (excludes halogenated alkanes) is 2. The molecule has 0 spiro atoms. The highest BCUT2D eigenvalue weighted by Gasteiger charge is 2.24. The van der Waals surface area contributed by atoms with Crippen LogP contribution in [0, 0.1) is 5.82 Å². The molecule has 156 valence electrons. The number of hydrogen-bond donors (Lipinski definition) is 3. The molecule has 0 amide bonds. The van der Waals surface area contributed by atoms with E-state index < -0.39 is 13.4 Å². The van der Waals surface area contributed by atoms with Crippen molar-refractivity contribution >= 4 is 19.2 Å². The molecule has 1 unspecified atom stereocenters. The third-order valence-electron chi connectivity index (χ3n) is 4.52. The number of hydrogen-bond acceptors (Lipinski definition) is 4. The Morgan fingerprint density at radius 1 is 1.04 bits per heavy atom. The van der Waals surface area contributed by atoms with Crippen LogP contribution in [-0.2, 0) is 28.4 Å². The molecular formula is C20H29FNO4PS. The fourth-order valence-corrected chi connectivity index (χ4v) is 4.38. The molecule has 0 aliphatic rings. The first kappa shape index (κ1) is 23.2. The summed E-state index contributed by atoms with van der Waals surface area (Å²) in [6.07, 6.45) is 6.69. The number of phosphoric acid groups is 1. The van der Waals surface area contributed by atoms with Gasteiger partial charge in [0.1, 0.15) is 5.82 Å². The van der Waals surface area contributed by atoms with Crippen LogP contribution in [-0.4, -0.2) is 21.9 Å². The number of rotatable bonds is 12. The van der Waals surface area contributed by atoms with Crippen LogP contribution >= 0.6 is 19.2 Å². The van der Waals surface area contributed by atoms with Crippen molar-refractivity contribution < 1.29 is 23.3 Å². The van der Waals surface area contributed by atoms with E-state index in [9.17, 15) is 8.96 Å². The lowest BCUT2D eigenvalue weighted by Crippen LogP contribution is -2.41. The lowest BCUT2D eigenvalue weighted by molar-refractivity contribution is 0.154. The molecule has 0 aliphatic carbocycles. The molecule has 0 fully saturated rings. The minimum Gasteiger partial charge on any atom is -0.323 e. The minimum atomic E-state index is -4.49. The Bertz CT molecular complexity index is 773. The summed E-state index contributed by atoms with van der Waals surface area (Å²) in [4.78, 5) is 20.1. The van der Waals surface area contributed by atoms with Crippen LogP contribution in [0.1, 0.15) is 47.9 Å². The standard InChI is InChI=1S/C20H29FNO4PS/c1-20(22,15-26-27(23,24)25)14-13-19-12-11-18(28-19)6-4-2-3-5-16-7-9-17(21)10-8-16/h7-12H,2-6,13-15,22H2,1H3,(H2,23,24,25). The number of thiophene rings is 1. The SMILES string of the molecule is CC(N)(CCc1ccc(CCCCCc2ccc(F)cc2)s1)COP(=O)(O)O.